The molecule has 6 nitrogen and oxygen atoms in total. The first-order valence-corrected chi connectivity index (χ1v) is 11.4. The van der Waals surface area contributed by atoms with E-state index >= 15 is 0 Å². The summed E-state index contributed by atoms with van der Waals surface area (Å²) in [5.74, 6) is -0.405. The van der Waals surface area contributed by atoms with E-state index in [0.717, 1.165) is 12.2 Å². The number of rotatable bonds is 5. The maximum absolute atomic E-state index is 13.0. The smallest absolute Gasteiger partial charge is 0.247 e. The maximum Gasteiger partial charge on any atom is 0.247 e. The largest absolute Gasteiger partial charge is 0.494 e. The summed E-state index contributed by atoms with van der Waals surface area (Å²) in [6.07, 6.45) is 0.874. The van der Waals surface area contributed by atoms with Crippen molar-refractivity contribution in [2.24, 2.45) is 23.7 Å². The van der Waals surface area contributed by atoms with Gasteiger partial charge in [0, 0.05) is 15.3 Å². The van der Waals surface area contributed by atoms with Crippen molar-refractivity contribution < 1.29 is 19.1 Å². The first-order chi connectivity index (χ1) is 13.3. The molecule has 8 heteroatoms. The fourth-order valence-corrected chi connectivity index (χ4v) is 6.79. The molecule has 28 heavy (non-hydrogen) atoms. The van der Waals surface area contributed by atoms with E-state index in [1.807, 2.05) is 6.92 Å². The predicted molar refractivity (Wildman–Crippen MR) is 112 cm³/mol. The van der Waals surface area contributed by atoms with E-state index in [0.29, 0.717) is 12.3 Å². The van der Waals surface area contributed by atoms with Crippen LogP contribution in [0.25, 0.3) is 0 Å². The lowest BCUT2D eigenvalue weighted by atomic mass is 9.81. The Balaban J connectivity index is 1.47. The highest BCUT2D eigenvalue weighted by Crippen LogP contribution is 2.60. The number of imide groups is 1. The van der Waals surface area contributed by atoms with Crippen molar-refractivity contribution in [2.45, 2.75) is 36.0 Å². The number of ether oxygens (including phenoxy) is 1. The minimum absolute atomic E-state index is 0.141. The van der Waals surface area contributed by atoms with Crippen molar-refractivity contribution in [3.8, 4) is 5.75 Å². The summed E-state index contributed by atoms with van der Waals surface area (Å²) in [4.78, 5) is 40.3. The number of benzene rings is 1. The zero-order valence-corrected chi connectivity index (χ0v) is 18.8. The minimum Gasteiger partial charge on any atom is -0.494 e. The normalized spacial score (nSPS) is 34.5. The van der Waals surface area contributed by atoms with E-state index in [-0.39, 0.29) is 51.0 Å². The summed E-state index contributed by atoms with van der Waals surface area (Å²) in [5, 5.41) is 2.79. The predicted octanol–water partition coefficient (Wildman–Crippen LogP) is 3.19. The number of anilines is 1. The molecule has 2 aliphatic carbocycles. The molecule has 1 heterocycles. The zero-order chi connectivity index (χ0) is 20.2. The number of likely N-dealkylation sites (tertiary alicyclic amines) is 1. The third-order valence-electron chi connectivity index (χ3n) is 6.22. The van der Waals surface area contributed by atoms with Crippen LogP contribution in [0.4, 0.5) is 5.69 Å². The van der Waals surface area contributed by atoms with Crippen molar-refractivity contribution >= 4 is 55.3 Å². The highest BCUT2D eigenvalue weighted by Gasteiger charge is 2.67. The molecule has 4 rings (SSSR count). The van der Waals surface area contributed by atoms with Gasteiger partial charge in [-0.25, -0.2) is 0 Å². The van der Waals surface area contributed by atoms with Crippen molar-refractivity contribution in [1.29, 1.82) is 0 Å². The topological polar surface area (TPSA) is 75.7 Å². The number of hydrogen-bond donors (Lipinski definition) is 1. The fraction of sp³-hybridized carbons (Fsp3) is 0.550. The van der Waals surface area contributed by atoms with Crippen LogP contribution in [0.3, 0.4) is 0 Å². The van der Waals surface area contributed by atoms with Crippen molar-refractivity contribution in [1.82, 2.24) is 4.90 Å². The van der Waals surface area contributed by atoms with Gasteiger partial charge in [0.1, 0.15) is 11.8 Å². The number of nitrogens with zero attached hydrogens (tertiary/aromatic N) is 1. The van der Waals surface area contributed by atoms with Crippen molar-refractivity contribution in [2.75, 3.05) is 11.9 Å². The Hall–Kier alpha value is -1.41. The highest BCUT2D eigenvalue weighted by atomic mass is 79.9. The summed E-state index contributed by atoms with van der Waals surface area (Å²) in [5.41, 5.74) is 0.598. The second-order valence-electron chi connectivity index (χ2n) is 7.67. The van der Waals surface area contributed by atoms with Gasteiger partial charge in [-0.3, -0.25) is 19.3 Å². The van der Waals surface area contributed by atoms with Gasteiger partial charge in [0.2, 0.25) is 17.7 Å². The standard InChI is InChI=1S/C20H22Br2N2O4/c1-3-28-11-6-4-10(5-7-11)23-18(25)9(2)24-19(26)14-12-8-13(15(14)20(24)27)17(22)16(12)21/h4-7,9,12-17H,3,8H2,1-2H3,(H,23,25)/t9-,12+,13+,14+,15+,16-,17+/m1/s1. The van der Waals surface area contributed by atoms with Gasteiger partial charge in [-0.1, -0.05) is 31.9 Å². The van der Waals surface area contributed by atoms with E-state index in [1.165, 1.54) is 4.90 Å². The molecular weight excluding hydrogens is 492 g/mol. The third-order valence-corrected chi connectivity index (χ3v) is 9.43. The van der Waals surface area contributed by atoms with Crippen LogP contribution in [0, 0.1) is 23.7 Å². The third kappa shape index (κ3) is 3.00. The van der Waals surface area contributed by atoms with Crippen LogP contribution in [0.2, 0.25) is 0 Å². The number of halogens is 2. The van der Waals surface area contributed by atoms with Crippen LogP contribution in [0.5, 0.6) is 5.75 Å². The second kappa shape index (κ2) is 7.44. The van der Waals surface area contributed by atoms with Crippen LogP contribution < -0.4 is 10.1 Å². The zero-order valence-electron chi connectivity index (χ0n) is 15.6. The van der Waals surface area contributed by atoms with Crippen molar-refractivity contribution in [3.05, 3.63) is 24.3 Å². The first kappa shape index (κ1) is 19.9. The van der Waals surface area contributed by atoms with E-state index in [1.54, 1.807) is 31.2 Å². The van der Waals surface area contributed by atoms with Gasteiger partial charge in [0.05, 0.1) is 18.4 Å². The molecule has 0 unspecified atom stereocenters. The Morgan fingerprint density at radius 2 is 1.68 bits per heavy atom. The van der Waals surface area contributed by atoms with E-state index < -0.39 is 6.04 Å². The molecule has 0 radical (unpaired) electrons. The molecular formula is C20H22Br2N2O4. The quantitative estimate of drug-likeness (QED) is 0.484. The summed E-state index contributed by atoms with van der Waals surface area (Å²) in [6, 6.07) is 6.17. The molecule has 1 aromatic rings. The Kier molecular flexibility index (Phi) is 5.29. The van der Waals surface area contributed by atoms with Gasteiger partial charge in [-0.2, -0.15) is 0 Å². The fourth-order valence-electron chi connectivity index (χ4n) is 4.92. The molecule has 0 aromatic heterocycles. The molecule has 0 spiro atoms. The number of nitrogens with one attached hydrogen (secondary N) is 1. The van der Waals surface area contributed by atoms with Crippen LogP contribution in [-0.2, 0) is 14.4 Å². The summed E-state index contributed by atoms with van der Waals surface area (Å²) < 4.78 is 5.39. The highest BCUT2D eigenvalue weighted by molar-refractivity contribution is 9.12. The summed E-state index contributed by atoms with van der Waals surface area (Å²) >= 11 is 7.35. The molecule has 7 atom stereocenters. The van der Waals surface area contributed by atoms with E-state index in [2.05, 4.69) is 37.2 Å². The summed E-state index contributed by atoms with van der Waals surface area (Å²) in [6.45, 7) is 4.08. The van der Waals surface area contributed by atoms with E-state index in [4.69, 9.17) is 4.74 Å². The first-order valence-electron chi connectivity index (χ1n) is 9.54. The van der Waals surface area contributed by atoms with Crippen LogP contribution >= 0.6 is 31.9 Å². The number of fused-ring (bicyclic) bond motifs is 5. The lowest BCUT2D eigenvalue weighted by Crippen LogP contribution is -2.46. The van der Waals surface area contributed by atoms with Crippen LogP contribution in [0.15, 0.2) is 24.3 Å². The van der Waals surface area contributed by atoms with Gasteiger partial charge in [0.15, 0.2) is 0 Å². The molecule has 3 amide bonds. The average Bonchev–Trinajstić information content (AvgIpc) is 3.28. The molecule has 2 saturated carbocycles. The minimum atomic E-state index is -0.848. The number of carbonyl (C=O) groups excluding carboxylic acids is 3. The number of carbonyl (C=O) groups is 3. The van der Waals surface area contributed by atoms with E-state index in [9.17, 15) is 14.4 Å². The van der Waals surface area contributed by atoms with Gasteiger partial charge in [0.25, 0.3) is 0 Å². The monoisotopic (exact) mass is 512 g/mol. The second-order valence-corrected chi connectivity index (χ2v) is 9.79. The average molecular weight is 514 g/mol. The molecule has 3 aliphatic rings. The molecule has 2 bridgehead atoms. The maximum atomic E-state index is 13.0. The molecule has 3 fully saturated rings. The number of hydrogen-bond acceptors (Lipinski definition) is 4. The molecule has 150 valence electrons. The molecule has 1 aromatic carbocycles. The molecule has 1 N–H and O–H groups in total. The van der Waals surface area contributed by atoms with Gasteiger partial charge in [-0.05, 0) is 56.4 Å². The van der Waals surface area contributed by atoms with Gasteiger partial charge in [-0.15, -0.1) is 0 Å². The molecule has 1 aliphatic heterocycles. The van der Waals surface area contributed by atoms with Gasteiger partial charge >= 0.3 is 0 Å². The Morgan fingerprint density at radius 3 is 2.18 bits per heavy atom. The number of alkyl halides is 2. The number of amides is 3. The Bertz CT molecular complexity index is 783. The lowest BCUT2D eigenvalue weighted by molar-refractivity contribution is -0.146. The Morgan fingerprint density at radius 1 is 1.14 bits per heavy atom. The molecule has 1 saturated heterocycles. The summed E-state index contributed by atoms with van der Waals surface area (Å²) in [7, 11) is 0. The SMILES string of the molecule is CCOc1ccc(NC(=O)[C@@H](C)N2C(=O)[C@H]3[C@@H]4C[C@H]([C@@H](Br)[C@H]4Br)[C@@H]3C2=O)cc1. The lowest BCUT2D eigenvalue weighted by Gasteiger charge is -2.28. The van der Waals surface area contributed by atoms with Crippen molar-refractivity contribution in [3.63, 3.8) is 0 Å². The van der Waals surface area contributed by atoms with Gasteiger partial charge < -0.3 is 10.1 Å². The Labute approximate surface area is 180 Å². The van der Waals surface area contributed by atoms with Crippen LogP contribution in [-0.4, -0.2) is 44.9 Å². The van der Waals surface area contributed by atoms with Crippen LogP contribution in [0.1, 0.15) is 20.3 Å².